The lowest BCUT2D eigenvalue weighted by atomic mass is 9.94. The molecule has 1 atom stereocenters. The molecule has 0 saturated heterocycles. The second-order valence-corrected chi connectivity index (χ2v) is 6.66. The van der Waals surface area contributed by atoms with Crippen LogP contribution in [0.4, 0.5) is 16.2 Å². The molecule has 150 valence electrons. The molecule has 0 saturated carbocycles. The zero-order chi connectivity index (χ0) is 21.1. The number of allylic oxidation sites excluding steroid dienone is 1. The van der Waals surface area contributed by atoms with Crippen LogP contribution in [0.5, 0.6) is 5.75 Å². The molecule has 1 heterocycles. The summed E-state index contributed by atoms with van der Waals surface area (Å²) in [7, 11) is 1.46. The number of nitro benzene ring substituents is 1. The molecule has 0 fully saturated rings. The predicted octanol–water partition coefficient (Wildman–Crippen LogP) is 3.52. The molecule has 0 aromatic heterocycles. The SMILES string of the molecule is COc1ccc(Cl)cc1NC(=O)C1=C(C)NC(=O)N[C@H]1c1cccc([N+](=O)[O-])c1. The third kappa shape index (κ3) is 4.30. The average molecular weight is 417 g/mol. The van der Waals surface area contributed by atoms with Crippen LogP contribution in [0, 0.1) is 10.1 Å². The molecule has 0 radical (unpaired) electrons. The molecule has 1 aliphatic heterocycles. The van der Waals surface area contributed by atoms with E-state index in [0.29, 0.717) is 27.7 Å². The van der Waals surface area contributed by atoms with Gasteiger partial charge in [-0.25, -0.2) is 4.79 Å². The number of urea groups is 1. The number of nitrogens with zero attached hydrogens (tertiary/aromatic N) is 1. The van der Waals surface area contributed by atoms with Gasteiger partial charge in [0.25, 0.3) is 11.6 Å². The first kappa shape index (κ1) is 20.2. The lowest BCUT2D eigenvalue weighted by Gasteiger charge is -2.28. The van der Waals surface area contributed by atoms with Gasteiger partial charge in [-0.1, -0.05) is 23.7 Å². The maximum absolute atomic E-state index is 13.1. The number of benzene rings is 2. The van der Waals surface area contributed by atoms with Crippen molar-refractivity contribution in [3.63, 3.8) is 0 Å². The van der Waals surface area contributed by atoms with Crippen molar-refractivity contribution in [2.24, 2.45) is 0 Å². The van der Waals surface area contributed by atoms with E-state index in [0.717, 1.165) is 0 Å². The van der Waals surface area contributed by atoms with Gasteiger partial charge >= 0.3 is 6.03 Å². The molecular weight excluding hydrogens is 400 g/mol. The van der Waals surface area contributed by atoms with Crippen LogP contribution >= 0.6 is 11.6 Å². The smallest absolute Gasteiger partial charge is 0.319 e. The Morgan fingerprint density at radius 2 is 2.03 bits per heavy atom. The van der Waals surface area contributed by atoms with Gasteiger partial charge in [-0.05, 0) is 30.7 Å². The van der Waals surface area contributed by atoms with Crippen molar-refractivity contribution < 1.29 is 19.2 Å². The Balaban J connectivity index is 2.00. The number of rotatable bonds is 5. The van der Waals surface area contributed by atoms with E-state index < -0.39 is 22.9 Å². The fraction of sp³-hybridized carbons (Fsp3) is 0.158. The Kier molecular flexibility index (Phi) is 5.69. The van der Waals surface area contributed by atoms with E-state index in [4.69, 9.17) is 16.3 Å². The zero-order valence-electron chi connectivity index (χ0n) is 15.5. The fourth-order valence-corrected chi connectivity index (χ4v) is 3.20. The minimum atomic E-state index is -0.881. The lowest BCUT2D eigenvalue weighted by molar-refractivity contribution is -0.384. The first-order chi connectivity index (χ1) is 13.8. The number of nitro groups is 1. The molecule has 3 amide bonds. The highest BCUT2D eigenvalue weighted by molar-refractivity contribution is 6.31. The second kappa shape index (κ2) is 8.19. The van der Waals surface area contributed by atoms with Crippen LogP contribution in [0.2, 0.25) is 5.02 Å². The molecule has 3 rings (SSSR count). The minimum absolute atomic E-state index is 0.149. The molecule has 1 aliphatic rings. The second-order valence-electron chi connectivity index (χ2n) is 6.22. The van der Waals surface area contributed by atoms with Crippen molar-refractivity contribution in [2.45, 2.75) is 13.0 Å². The molecule has 29 heavy (non-hydrogen) atoms. The summed E-state index contributed by atoms with van der Waals surface area (Å²) in [5.74, 6) is -0.118. The van der Waals surface area contributed by atoms with Crippen molar-refractivity contribution in [3.05, 3.63) is 74.4 Å². The molecule has 0 spiro atoms. The molecule has 10 heteroatoms. The van der Waals surface area contributed by atoms with Gasteiger partial charge < -0.3 is 20.7 Å². The van der Waals surface area contributed by atoms with Crippen LogP contribution in [-0.2, 0) is 4.79 Å². The highest BCUT2D eigenvalue weighted by atomic mass is 35.5. The van der Waals surface area contributed by atoms with Crippen molar-refractivity contribution in [3.8, 4) is 5.75 Å². The van der Waals surface area contributed by atoms with Gasteiger partial charge in [0.1, 0.15) is 5.75 Å². The molecule has 0 unspecified atom stereocenters. The number of halogens is 1. The van der Waals surface area contributed by atoms with E-state index in [2.05, 4.69) is 16.0 Å². The summed E-state index contributed by atoms with van der Waals surface area (Å²) in [6, 6.07) is 9.11. The van der Waals surface area contributed by atoms with Crippen molar-refractivity contribution in [1.82, 2.24) is 10.6 Å². The van der Waals surface area contributed by atoms with E-state index in [1.54, 1.807) is 25.1 Å². The fourth-order valence-electron chi connectivity index (χ4n) is 3.03. The van der Waals surface area contributed by atoms with Gasteiger partial charge in [-0.2, -0.15) is 0 Å². The summed E-state index contributed by atoms with van der Waals surface area (Å²) in [5, 5.41) is 19.4. The average Bonchev–Trinajstić information content (AvgIpc) is 2.67. The van der Waals surface area contributed by atoms with Crippen molar-refractivity contribution >= 4 is 34.9 Å². The van der Waals surface area contributed by atoms with Gasteiger partial charge in [-0.15, -0.1) is 0 Å². The van der Waals surface area contributed by atoms with Crippen molar-refractivity contribution in [1.29, 1.82) is 0 Å². The van der Waals surface area contributed by atoms with E-state index in [-0.39, 0.29) is 11.3 Å². The molecule has 2 aromatic carbocycles. The monoisotopic (exact) mass is 416 g/mol. The summed E-state index contributed by atoms with van der Waals surface area (Å²) >= 11 is 6.01. The van der Waals surface area contributed by atoms with Crippen LogP contribution in [0.1, 0.15) is 18.5 Å². The lowest BCUT2D eigenvalue weighted by Crippen LogP contribution is -2.46. The Labute approximate surface area is 170 Å². The van der Waals surface area contributed by atoms with Crippen LogP contribution in [0.25, 0.3) is 0 Å². The number of amides is 3. The summed E-state index contributed by atoms with van der Waals surface area (Å²) in [4.78, 5) is 35.6. The zero-order valence-corrected chi connectivity index (χ0v) is 16.2. The third-order valence-electron chi connectivity index (χ3n) is 4.34. The van der Waals surface area contributed by atoms with Crippen LogP contribution in [0.15, 0.2) is 53.7 Å². The summed E-state index contributed by atoms with van der Waals surface area (Å²) in [6.07, 6.45) is 0. The van der Waals surface area contributed by atoms with E-state index in [9.17, 15) is 19.7 Å². The number of carbonyl (C=O) groups is 2. The highest BCUT2D eigenvalue weighted by Gasteiger charge is 2.32. The van der Waals surface area contributed by atoms with Crippen LogP contribution in [0.3, 0.4) is 0 Å². The van der Waals surface area contributed by atoms with Gasteiger partial charge in [0.05, 0.1) is 29.3 Å². The van der Waals surface area contributed by atoms with Crippen molar-refractivity contribution in [2.75, 3.05) is 12.4 Å². The number of hydrogen-bond acceptors (Lipinski definition) is 5. The topological polar surface area (TPSA) is 123 Å². The Morgan fingerprint density at radius 1 is 1.28 bits per heavy atom. The number of nitrogens with one attached hydrogen (secondary N) is 3. The summed E-state index contributed by atoms with van der Waals surface area (Å²) < 4.78 is 5.24. The molecule has 0 aliphatic carbocycles. The van der Waals surface area contributed by atoms with Crippen LogP contribution < -0.4 is 20.7 Å². The number of ether oxygens (including phenoxy) is 1. The Morgan fingerprint density at radius 3 is 2.72 bits per heavy atom. The molecule has 3 N–H and O–H groups in total. The normalized spacial score (nSPS) is 16.0. The molecular formula is C19H17ClN4O5. The maximum Gasteiger partial charge on any atom is 0.319 e. The maximum atomic E-state index is 13.1. The van der Waals surface area contributed by atoms with Gasteiger partial charge in [0, 0.05) is 22.9 Å². The molecule has 9 nitrogen and oxygen atoms in total. The highest BCUT2D eigenvalue weighted by Crippen LogP contribution is 2.32. The Bertz CT molecular complexity index is 1040. The number of methoxy groups -OCH3 is 1. The quantitative estimate of drug-likeness (QED) is 0.508. The molecule has 2 aromatic rings. The van der Waals surface area contributed by atoms with E-state index in [1.807, 2.05) is 0 Å². The first-order valence-electron chi connectivity index (χ1n) is 8.47. The predicted molar refractivity (Wildman–Crippen MR) is 107 cm³/mol. The summed E-state index contributed by atoms with van der Waals surface area (Å²) in [6.45, 7) is 1.58. The minimum Gasteiger partial charge on any atom is -0.495 e. The number of non-ortho nitro benzene ring substituents is 1. The summed E-state index contributed by atoms with van der Waals surface area (Å²) in [5.41, 5.74) is 1.12. The first-order valence-corrected chi connectivity index (χ1v) is 8.85. The number of carbonyl (C=O) groups excluding carboxylic acids is 2. The standard InChI is InChI=1S/C19H17ClN4O5/c1-10-16(18(25)22-14-9-12(20)6-7-15(14)29-2)17(23-19(26)21-10)11-4-3-5-13(8-11)24(27)28/h3-9,17H,1-2H3,(H,22,25)(H2,21,23,26)/t17-/m0/s1. The van der Waals surface area contributed by atoms with Crippen LogP contribution in [-0.4, -0.2) is 24.0 Å². The number of hydrogen-bond donors (Lipinski definition) is 3. The van der Waals surface area contributed by atoms with E-state index in [1.165, 1.54) is 31.4 Å². The van der Waals surface area contributed by atoms with E-state index >= 15 is 0 Å². The largest absolute Gasteiger partial charge is 0.495 e. The van der Waals surface area contributed by atoms with Gasteiger partial charge in [0.2, 0.25) is 0 Å². The Hall–Kier alpha value is -3.59. The number of anilines is 1. The molecule has 0 bridgehead atoms. The van der Waals surface area contributed by atoms with Gasteiger partial charge in [0.15, 0.2) is 0 Å². The third-order valence-corrected chi connectivity index (χ3v) is 4.57. The van der Waals surface area contributed by atoms with Gasteiger partial charge in [-0.3, -0.25) is 14.9 Å².